The monoisotopic (exact) mass is 226 g/mol. The summed E-state index contributed by atoms with van der Waals surface area (Å²) < 4.78 is 0. The summed E-state index contributed by atoms with van der Waals surface area (Å²) in [5.41, 5.74) is 0. The van der Waals surface area contributed by atoms with Gasteiger partial charge in [-0.15, -0.1) is 0 Å². The Bertz CT molecular complexity index is 163. The van der Waals surface area contributed by atoms with Gasteiger partial charge >= 0.3 is 0 Å². The van der Waals surface area contributed by atoms with Gasteiger partial charge in [-0.2, -0.15) is 11.8 Å². The first kappa shape index (κ1) is 13.2. The third-order valence-corrected chi connectivity index (χ3v) is 4.41. The molecule has 0 fully saturated rings. The van der Waals surface area contributed by atoms with Gasteiger partial charge in [-0.25, -0.2) is 0 Å². The maximum absolute atomic E-state index is 2.36. The molecule has 88 valence electrons. The molecule has 0 aromatic heterocycles. The summed E-state index contributed by atoms with van der Waals surface area (Å²) in [5, 5.41) is 0.936. The molecule has 0 N–H and O–H groups in total. The highest BCUT2D eigenvalue weighted by molar-refractivity contribution is 8.00. The Morgan fingerprint density at radius 1 is 1.00 bits per heavy atom. The molecule has 1 aliphatic heterocycles. The molecule has 1 heteroatoms. The van der Waals surface area contributed by atoms with Crippen molar-refractivity contribution in [3.8, 4) is 0 Å². The predicted molar refractivity (Wildman–Crippen MR) is 72.6 cm³/mol. The van der Waals surface area contributed by atoms with Gasteiger partial charge in [0, 0.05) is 11.0 Å². The summed E-state index contributed by atoms with van der Waals surface area (Å²) >= 11 is 2.15. The molecule has 0 aromatic carbocycles. The zero-order valence-corrected chi connectivity index (χ0v) is 11.0. The zero-order chi connectivity index (χ0) is 10.8. The van der Waals surface area contributed by atoms with Crippen molar-refractivity contribution in [1.29, 1.82) is 0 Å². The van der Waals surface area contributed by atoms with Crippen molar-refractivity contribution in [2.45, 2.75) is 70.0 Å². The maximum Gasteiger partial charge on any atom is 0.0116 e. The third-order valence-electron chi connectivity index (χ3n) is 3.12. The minimum absolute atomic E-state index is 0.936. The van der Waals surface area contributed by atoms with Gasteiger partial charge in [-0.1, -0.05) is 64.0 Å². The first-order valence-electron chi connectivity index (χ1n) is 6.70. The van der Waals surface area contributed by atoms with Gasteiger partial charge in [0.05, 0.1) is 0 Å². The van der Waals surface area contributed by atoms with E-state index in [1.54, 1.807) is 0 Å². The second-order valence-corrected chi connectivity index (χ2v) is 5.91. The molecule has 0 amide bonds. The fraction of sp³-hybridized carbons (Fsp3) is 0.857. The van der Waals surface area contributed by atoms with Crippen LogP contribution in [0.25, 0.3) is 0 Å². The van der Waals surface area contributed by atoms with Crippen LogP contribution in [-0.2, 0) is 0 Å². The van der Waals surface area contributed by atoms with Crippen molar-refractivity contribution in [3.63, 3.8) is 0 Å². The average molecular weight is 226 g/mol. The van der Waals surface area contributed by atoms with E-state index in [0.29, 0.717) is 0 Å². The molecule has 0 aliphatic carbocycles. The highest BCUT2D eigenvalue weighted by atomic mass is 32.2. The van der Waals surface area contributed by atoms with Crippen molar-refractivity contribution >= 4 is 11.8 Å². The SMILES string of the molecule is CCCCCCCCCC1CC=CCS1. The van der Waals surface area contributed by atoms with Crippen LogP contribution in [0.4, 0.5) is 0 Å². The van der Waals surface area contributed by atoms with Crippen LogP contribution in [0.15, 0.2) is 12.2 Å². The molecule has 0 saturated heterocycles. The van der Waals surface area contributed by atoms with Crippen LogP contribution < -0.4 is 0 Å². The first-order valence-corrected chi connectivity index (χ1v) is 7.75. The largest absolute Gasteiger partial charge is 0.154 e. The Hall–Kier alpha value is 0.0900. The highest BCUT2D eigenvalue weighted by Crippen LogP contribution is 2.25. The lowest BCUT2D eigenvalue weighted by Gasteiger charge is -2.16. The van der Waals surface area contributed by atoms with Crippen LogP contribution in [0.3, 0.4) is 0 Å². The quantitative estimate of drug-likeness (QED) is 0.405. The number of allylic oxidation sites excluding steroid dienone is 1. The van der Waals surface area contributed by atoms with Gasteiger partial charge < -0.3 is 0 Å². The van der Waals surface area contributed by atoms with E-state index in [2.05, 4.69) is 30.8 Å². The van der Waals surface area contributed by atoms with E-state index in [1.165, 1.54) is 63.5 Å². The minimum Gasteiger partial charge on any atom is -0.154 e. The highest BCUT2D eigenvalue weighted by Gasteiger charge is 2.08. The van der Waals surface area contributed by atoms with Crippen LogP contribution in [-0.4, -0.2) is 11.0 Å². The minimum atomic E-state index is 0.936. The summed E-state index contributed by atoms with van der Waals surface area (Å²) in [5.74, 6) is 1.25. The molecule has 0 saturated carbocycles. The van der Waals surface area contributed by atoms with E-state index >= 15 is 0 Å². The maximum atomic E-state index is 2.36. The Morgan fingerprint density at radius 3 is 2.40 bits per heavy atom. The zero-order valence-electron chi connectivity index (χ0n) is 10.2. The molecule has 0 spiro atoms. The van der Waals surface area contributed by atoms with Crippen LogP contribution in [0.5, 0.6) is 0 Å². The summed E-state index contributed by atoms with van der Waals surface area (Å²) in [6.07, 6.45) is 17.5. The molecule has 0 aromatic rings. The second-order valence-electron chi connectivity index (χ2n) is 4.57. The Morgan fingerprint density at radius 2 is 1.73 bits per heavy atom. The van der Waals surface area contributed by atoms with E-state index in [1.807, 2.05) is 0 Å². The summed E-state index contributed by atoms with van der Waals surface area (Å²) in [4.78, 5) is 0. The van der Waals surface area contributed by atoms with Crippen LogP contribution in [0.2, 0.25) is 0 Å². The summed E-state index contributed by atoms with van der Waals surface area (Å²) in [6, 6.07) is 0. The lowest BCUT2D eigenvalue weighted by atomic mass is 10.1. The van der Waals surface area contributed by atoms with Gasteiger partial charge in [0.25, 0.3) is 0 Å². The first-order chi connectivity index (χ1) is 7.43. The normalized spacial score (nSPS) is 20.7. The standard InChI is InChI=1S/C14H26S/c1-2-3-4-5-6-7-8-11-14-12-9-10-13-15-14/h9-10,14H,2-8,11-13H2,1H3. The number of unbranched alkanes of at least 4 members (excludes halogenated alkanes) is 6. The van der Waals surface area contributed by atoms with E-state index in [9.17, 15) is 0 Å². The average Bonchev–Trinajstić information content (AvgIpc) is 2.29. The van der Waals surface area contributed by atoms with Gasteiger partial charge in [-0.3, -0.25) is 0 Å². The predicted octanol–water partition coefficient (Wildman–Crippen LogP) is 5.19. The molecule has 1 aliphatic rings. The molecule has 1 rings (SSSR count). The molecule has 0 nitrogen and oxygen atoms in total. The smallest absolute Gasteiger partial charge is 0.0116 e. The Kier molecular flexibility index (Phi) is 8.18. The van der Waals surface area contributed by atoms with E-state index in [0.717, 1.165) is 5.25 Å². The van der Waals surface area contributed by atoms with Crippen molar-refractivity contribution < 1.29 is 0 Å². The van der Waals surface area contributed by atoms with Gasteiger partial charge in [0.15, 0.2) is 0 Å². The van der Waals surface area contributed by atoms with Gasteiger partial charge in [0.2, 0.25) is 0 Å². The molecule has 1 heterocycles. The van der Waals surface area contributed by atoms with Crippen molar-refractivity contribution in [1.82, 2.24) is 0 Å². The molecular weight excluding hydrogens is 200 g/mol. The van der Waals surface area contributed by atoms with Crippen LogP contribution >= 0.6 is 11.8 Å². The fourth-order valence-corrected chi connectivity index (χ4v) is 3.21. The summed E-state index contributed by atoms with van der Waals surface area (Å²) in [6.45, 7) is 2.29. The molecule has 0 radical (unpaired) electrons. The number of rotatable bonds is 8. The van der Waals surface area contributed by atoms with Crippen molar-refractivity contribution in [2.75, 3.05) is 5.75 Å². The number of hydrogen-bond donors (Lipinski definition) is 0. The lowest BCUT2D eigenvalue weighted by Crippen LogP contribution is -2.05. The van der Waals surface area contributed by atoms with Crippen molar-refractivity contribution in [3.05, 3.63) is 12.2 Å². The molecular formula is C14H26S. The van der Waals surface area contributed by atoms with Crippen molar-refractivity contribution in [2.24, 2.45) is 0 Å². The van der Waals surface area contributed by atoms with E-state index in [4.69, 9.17) is 0 Å². The molecule has 1 atom stereocenters. The molecule has 1 unspecified atom stereocenters. The number of hydrogen-bond acceptors (Lipinski definition) is 1. The summed E-state index contributed by atoms with van der Waals surface area (Å²) in [7, 11) is 0. The Balaban J connectivity index is 1.82. The molecule has 0 bridgehead atoms. The topological polar surface area (TPSA) is 0 Å². The molecule has 15 heavy (non-hydrogen) atoms. The fourth-order valence-electron chi connectivity index (χ4n) is 2.11. The van der Waals surface area contributed by atoms with E-state index < -0.39 is 0 Å². The number of thioether (sulfide) groups is 1. The second kappa shape index (κ2) is 9.33. The van der Waals surface area contributed by atoms with Gasteiger partial charge in [0.1, 0.15) is 0 Å². The lowest BCUT2D eigenvalue weighted by molar-refractivity contribution is 0.570. The Labute approximate surface area is 99.9 Å². The van der Waals surface area contributed by atoms with E-state index in [-0.39, 0.29) is 0 Å². The van der Waals surface area contributed by atoms with Crippen LogP contribution in [0, 0.1) is 0 Å². The van der Waals surface area contributed by atoms with Gasteiger partial charge in [-0.05, 0) is 12.8 Å². The van der Waals surface area contributed by atoms with Crippen LogP contribution in [0.1, 0.15) is 64.7 Å². The third kappa shape index (κ3) is 7.05.